The molecular formula is C11H10F3NO2S. The lowest BCUT2D eigenvalue weighted by molar-refractivity contribution is -0.136. The van der Waals surface area contributed by atoms with Gasteiger partial charge in [-0.05, 0) is 12.1 Å². The van der Waals surface area contributed by atoms with Gasteiger partial charge in [-0.25, -0.2) is 0 Å². The molecule has 7 heteroatoms. The number of thioether (sulfide) groups is 1. The van der Waals surface area contributed by atoms with Gasteiger partial charge in [-0.3, -0.25) is 9.59 Å². The lowest BCUT2D eigenvalue weighted by Gasteiger charge is -2.08. The van der Waals surface area contributed by atoms with Crippen LogP contribution in [0.15, 0.2) is 29.2 Å². The van der Waals surface area contributed by atoms with E-state index in [1.807, 2.05) is 0 Å². The summed E-state index contributed by atoms with van der Waals surface area (Å²) in [6.45, 7) is -1.33. The van der Waals surface area contributed by atoms with E-state index < -0.39 is 18.6 Å². The Hall–Kier alpha value is -1.50. The van der Waals surface area contributed by atoms with E-state index in [1.165, 1.54) is 0 Å². The Morgan fingerprint density at radius 1 is 1.39 bits per heavy atom. The first kappa shape index (κ1) is 14.6. The number of alkyl halides is 3. The van der Waals surface area contributed by atoms with E-state index in [-0.39, 0.29) is 5.75 Å². The molecule has 1 aromatic carbocycles. The van der Waals surface area contributed by atoms with Crippen LogP contribution in [0.3, 0.4) is 0 Å². The zero-order valence-corrected chi connectivity index (χ0v) is 9.98. The number of aldehydes is 1. The summed E-state index contributed by atoms with van der Waals surface area (Å²) in [5, 5.41) is 1.77. The molecule has 1 rings (SSSR count). The molecule has 0 aromatic heterocycles. The van der Waals surface area contributed by atoms with Crippen LogP contribution in [0.25, 0.3) is 0 Å². The maximum Gasteiger partial charge on any atom is 0.405 e. The molecule has 0 bridgehead atoms. The predicted octanol–water partition coefficient (Wildman–Crippen LogP) is 2.27. The van der Waals surface area contributed by atoms with Crippen molar-refractivity contribution in [2.45, 2.75) is 11.1 Å². The number of carbonyl (C=O) groups is 2. The summed E-state index contributed by atoms with van der Waals surface area (Å²) in [5.74, 6) is -0.827. The molecule has 18 heavy (non-hydrogen) atoms. The van der Waals surface area contributed by atoms with Gasteiger partial charge in [0.1, 0.15) is 12.8 Å². The average molecular weight is 277 g/mol. The van der Waals surface area contributed by atoms with Crippen LogP contribution in [0.2, 0.25) is 0 Å². The van der Waals surface area contributed by atoms with Crippen LogP contribution < -0.4 is 5.32 Å². The zero-order valence-electron chi connectivity index (χ0n) is 9.16. The summed E-state index contributed by atoms with van der Waals surface area (Å²) in [7, 11) is 0. The number of halogens is 3. The van der Waals surface area contributed by atoms with Crippen molar-refractivity contribution in [2.24, 2.45) is 0 Å². The standard InChI is InChI=1S/C11H10F3NO2S/c12-11(13,14)7-15-10(17)6-18-9-3-1-2-8(4-9)5-16/h1-5H,6-7H2,(H,15,17). The molecule has 0 heterocycles. The molecule has 0 aliphatic carbocycles. The number of nitrogens with one attached hydrogen (secondary N) is 1. The Balaban J connectivity index is 2.40. The molecule has 98 valence electrons. The van der Waals surface area contributed by atoms with E-state index in [1.54, 1.807) is 29.6 Å². The second-order valence-electron chi connectivity index (χ2n) is 3.37. The van der Waals surface area contributed by atoms with E-state index in [4.69, 9.17) is 0 Å². The molecular weight excluding hydrogens is 267 g/mol. The highest BCUT2D eigenvalue weighted by molar-refractivity contribution is 8.00. The van der Waals surface area contributed by atoms with Crippen LogP contribution in [0, 0.1) is 0 Å². The van der Waals surface area contributed by atoms with E-state index in [2.05, 4.69) is 0 Å². The van der Waals surface area contributed by atoms with Crippen molar-refractivity contribution in [3.8, 4) is 0 Å². The molecule has 1 aromatic rings. The summed E-state index contributed by atoms with van der Waals surface area (Å²) in [6.07, 6.45) is -3.74. The van der Waals surface area contributed by atoms with Crippen LogP contribution in [0.1, 0.15) is 10.4 Å². The topological polar surface area (TPSA) is 46.2 Å². The fourth-order valence-electron chi connectivity index (χ4n) is 1.08. The van der Waals surface area contributed by atoms with Gasteiger partial charge in [0.2, 0.25) is 5.91 Å². The normalized spacial score (nSPS) is 11.1. The van der Waals surface area contributed by atoms with Gasteiger partial charge < -0.3 is 5.32 Å². The van der Waals surface area contributed by atoms with Gasteiger partial charge in [0.05, 0.1) is 5.75 Å². The van der Waals surface area contributed by atoms with Crippen molar-refractivity contribution in [1.29, 1.82) is 0 Å². The van der Waals surface area contributed by atoms with E-state index in [0.29, 0.717) is 16.7 Å². The lowest BCUT2D eigenvalue weighted by atomic mass is 10.2. The molecule has 0 saturated carbocycles. The molecule has 0 fully saturated rings. The highest BCUT2D eigenvalue weighted by Crippen LogP contribution is 2.18. The quantitative estimate of drug-likeness (QED) is 0.663. The lowest BCUT2D eigenvalue weighted by Crippen LogP contribution is -2.34. The van der Waals surface area contributed by atoms with Crippen molar-refractivity contribution in [3.05, 3.63) is 29.8 Å². The van der Waals surface area contributed by atoms with E-state index in [9.17, 15) is 22.8 Å². The predicted molar refractivity (Wildman–Crippen MR) is 61.6 cm³/mol. The molecule has 0 aliphatic rings. The summed E-state index contributed by atoms with van der Waals surface area (Å²) < 4.78 is 35.5. The molecule has 0 radical (unpaired) electrons. The van der Waals surface area contributed by atoms with Crippen molar-refractivity contribution in [3.63, 3.8) is 0 Å². The number of hydrogen-bond donors (Lipinski definition) is 1. The Bertz CT molecular complexity index is 435. The smallest absolute Gasteiger partial charge is 0.346 e. The first-order valence-electron chi connectivity index (χ1n) is 4.92. The van der Waals surface area contributed by atoms with Gasteiger partial charge in [-0.2, -0.15) is 13.2 Å². The average Bonchev–Trinajstić information content (AvgIpc) is 2.33. The second-order valence-corrected chi connectivity index (χ2v) is 4.42. The van der Waals surface area contributed by atoms with Crippen molar-refractivity contribution >= 4 is 24.0 Å². The third-order valence-corrected chi connectivity index (χ3v) is 2.84. The fourth-order valence-corrected chi connectivity index (χ4v) is 1.87. The summed E-state index contributed by atoms with van der Waals surface area (Å²) in [4.78, 5) is 22.3. The number of carbonyl (C=O) groups excluding carboxylic acids is 2. The summed E-state index contributed by atoms with van der Waals surface area (Å²) in [6, 6.07) is 6.48. The van der Waals surface area contributed by atoms with Gasteiger partial charge in [-0.1, -0.05) is 12.1 Å². The van der Waals surface area contributed by atoms with Crippen molar-refractivity contribution in [1.82, 2.24) is 5.32 Å². The zero-order chi connectivity index (χ0) is 13.6. The Labute approximate surface area is 106 Å². The highest BCUT2D eigenvalue weighted by Gasteiger charge is 2.27. The van der Waals surface area contributed by atoms with Crippen LogP contribution in [0.4, 0.5) is 13.2 Å². The minimum atomic E-state index is -4.40. The number of amides is 1. The molecule has 0 spiro atoms. The largest absolute Gasteiger partial charge is 0.405 e. The molecule has 0 atom stereocenters. The molecule has 0 aliphatic heterocycles. The maximum atomic E-state index is 11.8. The third-order valence-electron chi connectivity index (χ3n) is 1.85. The maximum absolute atomic E-state index is 11.8. The minimum Gasteiger partial charge on any atom is -0.346 e. The second kappa shape index (κ2) is 6.44. The van der Waals surface area contributed by atoms with Crippen LogP contribution in [-0.4, -0.2) is 30.7 Å². The van der Waals surface area contributed by atoms with E-state index >= 15 is 0 Å². The van der Waals surface area contributed by atoms with Crippen molar-refractivity contribution < 1.29 is 22.8 Å². The molecule has 0 saturated heterocycles. The molecule has 3 nitrogen and oxygen atoms in total. The minimum absolute atomic E-state index is 0.127. The molecule has 1 amide bonds. The van der Waals surface area contributed by atoms with Gasteiger partial charge in [0, 0.05) is 10.5 Å². The Kier molecular flexibility index (Phi) is 5.21. The third kappa shape index (κ3) is 5.72. The molecule has 0 unspecified atom stereocenters. The fraction of sp³-hybridized carbons (Fsp3) is 0.273. The van der Waals surface area contributed by atoms with Gasteiger partial charge in [-0.15, -0.1) is 11.8 Å². The number of hydrogen-bond acceptors (Lipinski definition) is 3. The first-order chi connectivity index (χ1) is 8.40. The van der Waals surface area contributed by atoms with Gasteiger partial charge >= 0.3 is 6.18 Å². The first-order valence-corrected chi connectivity index (χ1v) is 5.91. The Morgan fingerprint density at radius 3 is 2.72 bits per heavy atom. The van der Waals surface area contributed by atoms with Gasteiger partial charge in [0.15, 0.2) is 0 Å². The van der Waals surface area contributed by atoms with Crippen LogP contribution >= 0.6 is 11.8 Å². The van der Waals surface area contributed by atoms with Crippen LogP contribution in [0.5, 0.6) is 0 Å². The van der Waals surface area contributed by atoms with Gasteiger partial charge in [0.25, 0.3) is 0 Å². The summed E-state index contributed by atoms with van der Waals surface area (Å²) in [5.41, 5.74) is 0.454. The SMILES string of the molecule is O=Cc1cccc(SCC(=O)NCC(F)(F)F)c1. The monoisotopic (exact) mass is 277 g/mol. The highest BCUT2D eigenvalue weighted by atomic mass is 32.2. The van der Waals surface area contributed by atoms with E-state index in [0.717, 1.165) is 11.8 Å². The number of rotatable bonds is 5. The summed E-state index contributed by atoms with van der Waals surface area (Å²) >= 11 is 1.07. The molecule has 1 N–H and O–H groups in total. The number of benzene rings is 1. The Morgan fingerprint density at radius 2 is 2.11 bits per heavy atom. The van der Waals surface area contributed by atoms with Crippen LogP contribution in [-0.2, 0) is 4.79 Å². The van der Waals surface area contributed by atoms with Crippen molar-refractivity contribution in [2.75, 3.05) is 12.3 Å².